The Balaban J connectivity index is 1.73. The molecule has 1 unspecified atom stereocenters. The van der Waals surface area contributed by atoms with Crippen LogP contribution < -0.4 is 10.0 Å². The molecule has 0 aromatic heterocycles. The Labute approximate surface area is 172 Å². The lowest BCUT2D eigenvalue weighted by molar-refractivity contribution is -0.122. The number of rotatable bonds is 4. The van der Waals surface area contributed by atoms with Crippen molar-refractivity contribution in [1.82, 2.24) is 0 Å². The highest BCUT2D eigenvalue weighted by molar-refractivity contribution is 7.89. The number of carbonyl (C=O) groups excluding carboxylic acids is 2. The number of esters is 1. The summed E-state index contributed by atoms with van der Waals surface area (Å²) in [6, 6.07) is 8.37. The van der Waals surface area contributed by atoms with Gasteiger partial charge in [0.2, 0.25) is 10.0 Å². The van der Waals surface area contributed by atoms with Gasteiger partial charge in [0.25, 0.3) is 5.91 Å². The average Bonchev–Trinajstić information content (AvgIpc) is 2.95. The van der Waals surface area contributed by atoms with Crippen molar-refractivity contribution in [3.8, 4) is 0 Å². The Kier molecular flexibility index (Phi) is 5.67. The van der Waals surface area contributed by atoms with Crippen molar-refractivity contribution in [1.29, 1.82) is 0 Å². The average molecular weight is 443 g/mol. The first-order valence-electron chi connectivity index (χ1n) is 8.18. The Morgan fingerprint density at radius 2 is 1.89 bits per heavy atom. The molecular weight excluding hydrogens is 427 g/mol. The molecule has 0 spiro atoms. The van der Waals surface area contributed by atoms with Crippen molar-refractivity contribution in [3.05, 3.63) is 57.6 Å². The number of hydrogen-bond acceptors (Lipinski definition) is 5. The first-order chi connectivity index (χ1) is 13.1. The van der Waals surface area contributed by atoms with Crippen LogP contribution in [0.5, 0.6) is 0 Å². The SMILES string of the molecule is CC1Cc2cc(S(N)(=O)=O)ccc2N1C(=O)COC(=O)c1ccc(Cl)c(Cl)c1. The van der Waals surface area contributed by atoms with Gasteiger partial charge in [-0.15, -0.1) is 0 Å². The number of primary sulfonamides is 1. The van der Waals surface area contributed by atoms with Crippen molar-refractivity contribution < 1.29 is 22.7 Å². The van der Waals surface area contributed by atoms with Gasteiger partial charge < -0.3 is 9.64 Å². The normalized spacial score (nSPS) is 16.0. The lowest BCUT2D eigenvalue weighted by atomic mass is 10.1. The Morgan fingerprint density at radius 1 is 1.18 bits per heavy atom. The predicted molar refractivity (Wildman–Crippen MR) is 105 cm³/mol. The molecule has 148 valence electrons. The van der Waals surface area contributed by atoms with E-state index in [0.717, 1.165) is 0 Å². The Bertz CT molecular complexity index is 1070. The number of sulfonamides is 1. The summed E-state index contributed by atoms with van der Waals surface area (Å²) in [6.45, 7) is 1.34. The first kappa shape index (κ1) is 20.6. The first-order valence-corrected chi connectivity index (χ1v) is 10.5. The number of anilines is 1. The minimum Gasteiger partial charge on any atom is -0.452 e. The Hall–Kier alpha value is -2.13. The molecule has 7 nitrogen and oxygen atoms in total. The minimum absolute atomic E-state index is 0.0150. The Morgan fingerprint density at radius 3 is 2.54 bits per heavy atom. The molecule has 1 aliphatic heterocycles. The number of halogens is 2. The van der Waals surface area contributed by atoms with E-state index in [4.69, 9.17) is 33.1 Å². The minimum atomic E-state index is -3.83. The van der Waals surface area contributed by atoms with Crippen LogP contribution in [0.2, 0.25) is 10.0 Å². The van der Waals surface area contributed by atoms with E-state index in [-0.39, 0.29) is 21.5 Å². The summed E-state index contributed by atoms with van der Waals surface area (Å²) < 4.78 is 28.1. The van der Waals surface area contributed by atoms with Crippen molar-refractivity contribution in [2.75, 3.05) is 11.5 Å². The van der Waals surface area contributed by atoms with Gasteiger partial charge in [0.05, 0.1) is 20.5 Å². The summed E-state index contributed by atoms with van der Waals surface area (Å²) in [4.78, 5) is 26.2. The number of carbonyl (C=O) groups is 2. The van der Waals surface area contributed by atoms with E-state index >= 15 is 0 Å². The second-order valence-corrected chi connectivity index (χ2v) is 8.73. The molecule has 0 saturated carbocycles. The number of hydrogen-bond donors (Lipinski definition) is 1. The summed E-state index contributed by atoms with van der Waals surface area (Å²) in [5.74, 6) is -1.13. The van der Waals surface area contributed by atoms with Crippen LogP contribution in [0.4, 0.5) is 5.69 Å². The van der Waals surface area contributed by atoms with Gasteiger partial charge in [-0.1, -0.05) is 23.2 Å². The topological polar surface area (TPSA) is 107 Å². The maximum Gasteiger partial charge on any atom is 0.338 e. The lowest BCUT2D eigenvalue weighted by Gasteiger charge is -2.22. The van der Waals surface area contributed by atoms with Gasteiger partial charge in [0, 0.05) is 11.7 Å². The molecule has 28 heavy (non-hydrogen) atoms. The zero-order valence-electron chi connectivity index (χ0n) is 14.7. The molecule has 2 aromatic rings. The van der Waals surface area contributed by atoms with E-state index in [1.807, 2.05) is 6.92 Å². The fourth-order valence-electron chi connectivity index (χ4n) is 3.07. The number of amides is 1. The molecule has 0 saturated heterocycles. The van der Waals surface area contributed by atoms with E-state index in [1.54, 1.807) is 0 Å². The molecule has 1 amide bonds. The van der Waals surface area contributed by atoms with Gasteiger partial charge in [0.15, 0.2) is 6.61 Å². The summed E-state index contributed by atoms with van der Waals surface area (Å²) in [7, 11) is -3.83. The van der Waals surface area contributed by atoms with Crippen molar-refractivity contribution in [2.45, 2.75) is 24.3 Å². The standard InChI is InChI=1S/C18H16Cl2N2O5S/c1-10-6-12-7-13(28(21,25)26)3-5-16(12)22(10)17(23)9-27-18(24)11-2-4-14(19)15(20)8-11/h2-5,7-8,10H,6,9H2,1H3,(H2,21,25,26). The molecule has 3 rings (SSSR count). The third-order valence-corrected chi connectivity index (χ3v) is 6.00. The summed E-state index contributed by atoms with van der Waals surface area (Å²) in [6.07, 6.45) is 0.463. The van der Waals surface area contributed by atoms with Gasteiger partial charge in [-0.3, -0.25) is 4.79 Å². The molecular formula is C18H16Cl2N2O5S. The molecule has 0 radical (unpaired) electrons. The van der Waals surface area contributed by atoms with Crippen LogP contribution >= 0.6 is 23.2 Å². The summed E-state index contributed by atoms with van der Waals surface area (Å²) in [5, 5.41) is 5.66. The number of fused-ring (bicyclic) bond motifs is 1. The summed E-state index contributed by atoms with van der Waals surface area (Å²) in [5.41, 5.74) is 1.42. The van der Waals surface area contributed by atoms with Crippen LogP contribution in [0.1, 0.15) is 22.8 Å². The number of ether oxygens (including phenoxy) is 1. The van der Waals surface area contributed by atoms with Crippen LogP contribution in [-0.2, 0) is 26.0 Å². The number of nitrogens with zero attached hydrogens (tertiary/aromatic N) is 1. The predicted octanol–water partition coefficient (Wildman–Crippen LogP) is 2.78. The second-order valence-electron chi connectivity index (χ2n) is 6.36. The van der Waals surface area contributed by atoms with Crippen molar-refractivity contribution in [2.24, 2.45) is 5.14 Å². The van der Waals surface area contributed by atoms with E-state index in [1.165, 1.54) is 41.3 Å². The quantitative estimate of drug-likeness (QED) is 0.732. The van der Waals surface area contributed by atoms with E-state index in [0.29, 0.717) is 22.7 Å². The van der Waals surface area contributed by atoms with Crippen LogP contribution in [0.15, 0.2) is 41.3 Å². The van der Waals surface area contributed by atoms with Gasteiger partial charge >= 0.3 is 5.97 Å². The van der Waals surface area contributed by atoms with Gasteiger partial charge in [-0.25, -0.2) is 18.4 Å². The number of nitrogens with two attached hydrogens (primary N) is 1. The van der Waals surface area contributed by atoms with Gasteiger partial charge in [-0.05, 0) is 55.3 Å². The lowest BCUT2D eigenvalue weighted by Crippen LogP contribution is -2.38. The van der Waals surface area contributed by atoms with Crippen molar-refractivity contribution in [3.63, 3.8) is 0 Å². The van der Waals surface area contributed by atoms with Crippen molar-refractivity contribution >= 4 is 50.8 Å². The van der Waals surface area contributed by atoms with Gasteiger partial charge in [-0.2, -0.15) is 0 Å². The monoisotopic (exact) mass is 442 g/mol. The molecule has 0 aliphatic carbocycles. The fraction of sp³-hybridized carbons (Fsp3) is 0.222. The van der Waals surface area contributed by atoms with E-state index in [2.05, 4.69) is 0 Å². The maximum absolute atomic E-state index is 12.6. The zero-order valence-corrected chi connectivity index (χ0v) is 17.0. The smallest absolute Gasteiger partial charge is 0.338 e. The molecule has 2 aromatic carbocycles. The van der Waals surface area contributed by atoms with Crippen LogP contribution in [0.25, 0.3) is 0 Å². The van der Waals surface area contributed by atoms with Crippen LogP contribution in [-0.4, -0.2) is 32.9 Å². The van der Waals surface area contributed by atoms with E-state index in [9.17, 15) is 18.0 Å². The molecule has 1 atom stereocenters. The highest BCUT2D eigenvalue weighted by atomic mass is 35.5. The molecule has 2 N–H and O–H groups in total. The third-order valence-electron chi connectivity index (χ3n) is 4.35. The van der Waals surface area contributed by atoms with Crippen LogP contribution in [0, 0.1) is 0 Å². The molecule has 10 heteroatoms. The van der Waals surface area contributed by atoms with Gasteiger partial charge in [0.1, 0.15) is 0 Å². The second kappa shape index (κ2) is 7.71. The number of benzene rings is 2. The molecule has 1 aliphatic rings. The summed E-state index contributed by atoms with van der Waals surface area (Å²) >= 11 is 11.7. The highest BCUT2D eigenvalue weighted by Crippen LogP contribution is 2.33. The fourth-order valence-corrected chi connectivity index (χ4v) is 3.93. The molecule has 0 fully saturated rings. The molecule has 1 heterocycles. The van der Waals surface area contributed by atoms with E-state index < -0.39 is 28.5 Å². The largest absolute Gasteiger partial charge is 0.452 e. The van der Waals surface area contributed by atoms with Crippen LogP contribution in [0.3, 0.4) is 0 Å². The third kappa shape index (κ3) is 4.15. The zero-order chi connectivity index (χ0) is 20.6. The molecule has 0 bridgehead atoms. The highest BCUT2D eigenvalue weighted by Gasteiger charge is 2.32. The maximum atomic E-state index is 12.6.